The summed E-state index contributed by atoms with van der Waals surface area (Å²) in [6.07, 6.45) is 2.84. The molecule has 1 saturated carbocycles. The second kappa shape index (κ2) is 14.2. The van der Waals surface area contributed by atoms with Gasteiger partial charge in [-0.05, 0) is 56.7 Å². The van der Waals surface area contributed by atoms with Crippen molar-refractivity contribution < 1.29 is 14.3 Å². The van der Waals surface area contributed by atoms with Crippen molar-refractivity contribution in [2.24, 2.45) is 0 Å². The molecule has 8 nitrogen and oxygen atoms in total. The quantitative estimate of drug-likeness (QED) is 0.0780. The molecule has 242 valence electrons. The molecule has 1 aliphatic rings. The molecule has 0 bridgehead atoms. The number of carbonyl (C=O) groups excluding carboxylic acids is 1. The van der Waals surface area contributed by atoms with E-state index >= 15 is 0 Å². The van der Waals surface area contributed by atoms with Gasteiger partial charge in [0.25, 0.3) is 0 Å². The number of aromatic nitrogens is 4. The van der Waals surface area contributed by atoms with Gasteiger partial charge in [-0.25, -0.2) is 4.79 Å². The van der Waals surface area contributed by atoms with E-state index < -0.39 is 26.5 Å². The first kappa shape index (κ1) is 37.5. The molecule has 45 heavy (non-hydrogen) atoms. The third kappa shape index (κ3) is 7.04. The molecule has 1 fully saturated rings. The topological polar surface area (TPSA) is 91.2 Å². The molecular formula is C27H31N5O3S10. The van der Waals surface area contributed by atoms with Crippen LogP contribution in [0.25, 0.3) is 5.69 Å². The molecule has 1 aromatic carbocycles. The number of hydrogen-bond donors (Lipinski definition) is 10. The molecular weight excluding hydrogens is 763 g/mol. The van der Waals surface area contributed by atoms with Crippen molar-refractivity contribution in [2.45, 2.75) is 59.0 Å². The van der Waals surface area contributed by atoms with E-state index in [1.807, 2.05) is 39.0 Å². The number of alkyl carbamates (subject to hydrolysis) is 1. The highest BCUT2D eigenvalue weighted by atomic mass is 32.2. The number of hydrogen-bond acceptors (Lipinski definition) is 16. The van der Waals surface area contributed by atoms with Crippen LogP contribution in [0.1, 0.15) is 30.8 Å². The van der Waals surface area contributed by atoms with Gasteiger partial charge in [0.05, 0.1) is 11.9 Å². The summed E-state index contributed by atoms with van der Waals surface area (Å²) >= 11 is 44.5. The van der Waals surface area contributed by atoms with Crippen LogP contribution in [0.15, 0.2) is 47.9 Å². The average Bonchev–Trinajstić information content (AvgIpc) is 3.37. The Labute approximate surface area is 316 Å². The van der Waals surface area contributed by atoms with E-state index in [0.29, 0.717) is 22.4 Å². The molecule has 2 heterocycles. The Morgan fingerprint density at radius 2 is 1.67 bits per heavy atom. The van der Waals surface area contributed by atoms with Gasteiger partial charge in [0.1, 0.15) is 32.8 Å². The van der Waals surface area contributed by atoms with Gasteiger partial charge in [0.15, 0.2) is 17.6 Å². The maximum atomic E-state index is 11.6. The van der Waals surface area contributed by atoms with Crippen molar-refractivity contribution in [3.05, 3.63) is 59.7 Å². The van der Waals surface area contributed by atoms with Crippen LogP contribution in [0.2, 0.25) is 0 Å². The van der Waals surface area contributed by atoms with Gasteiger partial charge < -0.3 is 14.8 Å². The minimum Gasteiger partial charge on any atom is -0.486 e. The molecule has 0 unspecified atom stereocenters. The third-order valence-electron chi connectivity index (χ3n) is 6.72. The first-order valence-electron chi connectivity index (χ1n) is 13.1. The van der Waals surface area contributed by atoms with E-state index in [9.17, 15) is 4.79 Å². The first-order valence-corrected chi connectivity index (χ1v) is 17.9. The summed E-state index contributed by atoms with van der Waals surface area (Å²) < 4.78 is 6.29. The molecule has 0 saturated heterocycles. The van der Waals surface area contributed by atoms with Crippen molar-refractivity contribution in [1.29, 1.82) is 0 Å². The van der Waals surface area contributed by atoms with E-state index in [4.69, 9.17) is 123 Å². The van der Waals surface area contributed by atoms with E-state index in [-0.39, 0.29) is 19.3 Å². The lowest BCUT2D eigenvalue weighted by molar-refractivity contribution is 0.157. The van der Waals surface area contributed by atoms with Gasteiger partial charge in [-0.2, -0.15) is 114 Å². The predicted molar refractivity (Wildman–Crippen MR) is 212 cm³/mol. The number of nitrogens with zero attached hydrogens (tertiary/aromatic N) is 4. The van der Waals surface area contributed by atoms with Crippen molar-refractivity contribution in [2.75, 3.05) is 6.61 Å². The van der Waals surface area contributed by atoms with Gasteiger partial charge in [-0.3, -0.25) is 9.55 Å². The Hall–Kier alpha value is -0.360. The molecule has 0 aliphatic heterocycles. The fourth-order valence-electron chi connectivity index (χ4n) is 4.21. The molecule has 3 aromatic rings. The minimum atomic E-state index is -1.36. The first-order chi connectivity index (χ1) is 20.9. The van der Waals surface area contributed by atoms with Gasteiger partial charge in [0.2, 0.25) is 0 Å². The molecule has 18 heteroatoms. The summed E-state index contributed by atoms with van der Waals surface area (Å²) in [5, 5.41) is 12.0. The molecule has 1 N–H and O–H groups in total. The number of pyridine rings is 1. The van der Waals surface area contributed by atoms with E-state index in [0.717, 1.165) is 11.1 Å². The highest BCUT2D eigenvalue weighted by molar-refractivity contribution is 8.21. The van der Waals surface area contributed by atoms with Gasteiger partial charge in [0, 0.05) is 17.8 Å². The summed E-state index contributed by atoms with van der Waals surface area (Å²) in [6.45, 7) is 5.66. The number of aryl methyl sites for hydroxylation is 1. The number of amides is 1. The van der Waals surface area contributed by atoms with Crippen LogP contribution < -0.4 is 10.1 Å². The van der Waals surface area contributed by atoms with Crippen LogP contribution >= 0.6 is 125 Å². The number of nitrogens with one attached hydrogen (secondary N) is 1. The average molecular weight is 794 g/mol. The second-order valence-electron chi connectivity index (χ2n) is 10.3. The van der Waals surface area contributed by atoms with Crippen molar-refractivity contribution in [3.8, 4) is 23.3 Å². The smallest absolute Gasteiger partial charge is 0.408 e. The summed E-state index contributed by atoms with van der Waals surface area (Å²) in [6, 6.07) is 9.15. The van der Waals surface area contributed by atoms with Crippen molar-refractivity contribution in [1.82, 2.24) is 25.1 Å². The van der Waals surface area contributed by atoms with E-state index in [1.54, 1.807) is 29.1 Å². The normalized spacial score (nSPS) is 18.6. The third-order valence-corrected chi connectivity index (χ3v) is 17.8. The van der Waals surface area contributed by atoms with Crippen LogP contribution in [0.3, 0.4) is 0 Å². The zero-order valence-corrected chi connectivity index (χ0v) is 32.8. The fraction of sp³-hybridized carbons (Fsp3) is 0.407. The Morgan fingerprint density at radius 3 is 2.24 bits per heavy atom. The Morgan fingerprint density at radius 1 is 1.00 bits per heavy atom. The second-order valence-corrected chi connectivity index (χ2v) is 19.3. The van der Waals surface area contributed by atoms with Crippen molar-refractivity contribution >= 4 is 132 Å². The maximum Gasteiger partial charge on any atom is 0.408 e. The zero-order valence-electron chi connectivity index (χ0n) is 24.0. The van der Waals surface area contributed by atoms with E-state index in [2.05, 4.69) is 32.3 Å². The molecule has 1 amide bonds. The van der Waals surface area contributed by atoms with Gasteiger partial charge in [-0.1, -0.05) is 23.6 Å². The molecule has 0 radical (unpaired) electrons. The molecule has 0 atom stereocenters. The number of thioether (sulfide) groups is 1. The molecule has 1 aliphatic carbocycles. The van der Waals surface area contributed by atoms with Crippen LogP contribution in [0.5, 0.6) is 5.75 Å². The summed E-state index contributed by atoms with van der Waals surface area (Å²) in [5.74, 6) is 6.96. The van der Waals surface area contributed by atoms with Crippen molar-refractivity contribution in [3.63, 3.8) is 0 Å². The largest absolute Gasteiger partial charge is 0.486 e. The molecule has 2 aromatic heterocycles. The summed E-state index contributed by atoms with van der Waals surface area (Å²) in [4.78, 5) is 15.9. The van der Waals surface area contributed by atoms with Gasteiger partial charge >= 0.3 is 6.09 Å². The van der Waals surface area contributed by atoms with E-state index in [1.165, 1.54) is 11.8 Å². The minimum absolute atomic E-state index is 0.0142. The van der Waals surface area contributed by atoms with Crippen LogP contribution in [-0.4, -0.2) is 58.9 Å². The number of rotatable bonds is 8. The van der Waals surface area contributed by atoms with Crippen LogP contribution in [0, 0.1) is 18.8 Å². The zero-order chi connectivity index (χ0) is 33.4. The van der Waals surface area contributed by atoms with Crippen LogP contribution in [0.4, 0.5) is 4.79 Å². The summed E-state index contributed by atoms with van der Waals surface area (Å²) in [5.41, 5.74) is 2.35. The molecule has 0 spiro atoms. The SMILES string of the molecule is Cc1cc(OCc2nnc(SC3(S)C(S)(S)C(S)(S)C(S)(S)C3(S)S)n2-c2cccnc2)ccc1C#CCOC(=O)NC(C)C. The fourth-order valence-corrected chi connectivity index (χ4v) is 11.0. The number of thiol groups is 9. The molecule has 4 rings (SSSR count). The lowest BCUT2D eigenvalue weighted by Gasteiger charge is -2.43. The Balaban J connectivity index is 1.58. The predicted octanol–water partition coefficient (Wildman–Crippen LogP) is 5.99. The lowest BCUT2D eigenvalue weighted by atomic mass is 10.1. The Bertz CT molecular complexity index is 1590. The number of carbonyl (C=O) groups is 1. The highest BCUT2D eigenvalue weighted by Gasteiger charge is 2.81. The van der Waals surface area contributed by atoms with Gasteiger partial charge in [-0.15, -0.1) is 10.2 Å². The number of ether oxygens (including phenoxy) is 2. The summed E-state index contributed by atoms with van der Waals surface area (Å²) in [7, 11) is 0. The lowest BCUT2D eigenvalue weighted by Crippen LogP contribution is -2.49. The monoisotopic (exact) mass is 793 g/mol. The van der Waals surface area contributed by atoms with Crippen LogP contribution in [-0.2, 0) is 11.3 Å². The standard InChI is InChI=1S/C27H31N5O3S10/c1-15(2)29-22(33)34-11-5-6-17-8-9-19(12-16(17)3)35-14-20-30-31-21(32(20)18-7-4-10-28-13-18)45-27(44)25(40,41)23(36,37)24(38,39)26(27,42)43/h4,7-10,12-13,15,36-44H,11,14H2,1-3H3,(H,29,33). The highest BCUT2D eigenvalue weighted by Crippen LogP contribution is 2.78. The Kier molecular flexibility index (Phi) is 11.9. The number of benzene rings is 1. The maximum absolute atomic E-state index is 11.6.